The number of carbonyl (C=O) groups excluding carboxylic acids is 1. The van der Waals surface area contributed by atoms with E-state index in [1.54, 1.807) is 18.9 Å². The van der Waals surface area contributed by atoms with Crippen LogP contribution in [0, 0.1) is 17.2 Å². The Morgan fingerprint density at radius 2 is 2.29 bits per heavy atom. The summed E-state index contributed by atoms with van der Waals surface area (Å²) < 4.78 is 4.64. The zero-order chi connectivity index (χ0) is 12.8. The number of rotatable bonds is 4. The molecule has 1 rings (SSSR count). The van der Waals surface area contributed by atoms with Crippen molar-refractivity contribution in [1.29, 1.82) is 5.26 Å². The van der Waals surface area contributed by atoms with Crippen molar-refractivity contribution in [3.8, 4) is 6.07 Å². The van der Waals surface area contributed by atoms with Gasteiger partial charge in [-0.2, -0.15) is 5.26 Å². The average Bonchev–Trinajstić information content (AvgIpc) is 2.37. The number of hydrogen-bond acceptors (Lipinski definition) is 6. The fourth-order valence-electron chi connectivity index (χ4n) is 1.36. The van der Waals surface area contributed by atoms with E-state index in [-0.39, 0.29) is 17.6 Å². The zero-order valence-electron chi connectivity index (χ0n) is 10.0. The normalized spacial score (nSPS) is 11.4. The Morgan fingerprint density at radius 3 is 2.76 bits per heavy atom. The lowest BCUT2D eigenvalue weighted by Gasteiger charge is -2.20. The van der Waals surface area contributed by atoms with Gasteiger partial charge in [0.2, 0.25) is 0 Å². The van der Waals surface area contributed by atoms with Gasteiger partial charge in [0.25, 0.3) is 0 Å². The lowest BCUT2D eigenvalue weighted by atomic mass is 10.2. The maximum Gasteiger partial charge on any atom is 0.310 e. The van der Waals surface area contributed by atoms with Crippen LogP contribution in [0.25, 0.3) is 0 Å². The summed E-state index contributed by atoms with van der Waals surface area (Å²) in [5, 5.41) is 8.59. The summed E-state index contributed by atoms with van der Waals surface area (Å²) in [6, 6.07) is 1.89. The Balaban J connectivity index is 2.66. The van der Waals surface area contributed by atoms with Gasteiger partial charge in [-0.15, -0.1) is 0 Å². The van der Waals surface area contributed by atoms with E-state index >= 15 is 0 Å². The molecule has 0 saturated carbocycles. The molecule has 1 heterocycles. The lowest BCUT2D eigenvalue weighted by Crippen LogP contribution is -2.29. The fraction of sp³-hybridized carbons (Fsp3) is 0.455. The van der Waals surface area contributed by atoms with Crippen LogP contribution in [-0.2, 0) is 9.53 Å². The summed E-state index contributed by atoms with van der Waals surface area (Å²) in [5.41, 5.74) is 0.267. The monoisotopic (exact) mass is 234 g/mol. The largest absolute Gasteiger partial charge is 0.469 e. The van der Waals surface area contributed by atoms with Crippen LogP contribution in [-0.4, -0.2) is 36.6 Å². The van der Waals surface area contributed by atoms with Crippen LogP contribution in [0.3, 0.4) is 0 Å². The molecule has 90 valence electrons. The van der Waals surface area contributed by atoms with Crippen LogP contribution in [0.15, 0.2) is 12.4 Å². The van der Waals surface area contributed by atoms with E-state index in [0.29, 0.717) is 12.4 Å². The lowest BCUT2D eigenvalue weighted by molar-refractivity contribution is -0.144. The number of anilines is 1. The van der Waals surface area contributed by atoms with Gasteiger partial charge in [-0.05, 0) is 0 Å². The molecule has 0 radical (unpaired) electrons. The van der Waals surface area contributed by atoms with Crippen molar-refractivity contribution in [2.24, 2.45) is 5.92 Å². The van der Waals surface area contributed by atoms with Crippen LogP contribution in [0.2, 0.25) is 0 Å². The summed E-state index contributed by atoms with van der Waals surface area (Å²) in [6.07, 6.45) is 2.90. The average molecular weight is 234 g/mol. The third-order valence-electron chi connectivity index (χ3n) is 2.30. The van der Waals surface area contributed by atoms with E-state index < -0.39 is 0 Å². The van der Waals surface area contributed by atoms with Gasteiger partial charge in [-0.3, -0.25) is 4.79 Å². The molecule has 1 aromatic heterocycles. The van der Waals surface area contributed by atoms with Crippen LogP contribution in [0.5, 0.6) is 0 Å². The SMILES string of the molecule is COC(=O)C(C)CN(C)c1cnc(C#N)cn1. The summed E-state index contributed by atoms with van der Waals surface area (Å²) in [4.78, 5) is 21.0. The van der Waals surface area contributed by atoms with Gasteiger partial charge >= 0.3 is 5.97 Å². The predicted octanol–water partition coefficient (Wildman–Crippen LogP) is 0.594. The van der Waals surface area contributed by atoms with Gasteiger partial charge in [0.05, 0.1) is 25.4 Å². The number of hydrogen-bond donors (Lipinski definition) is 0. The summed E-state index contributed by atoms with van der Waals surface area (Å²) in [6.45, 7) is 2.26. The molecule has 0 fully saturated rings. The van der Waals surface area contributed by atoms with Crippen molar-refractivity contribution in [3.05, 3.63) is 18.1 Å². The highest BCUT2D eigenvalue weighted by Gasteiger charge is 2.16. The minimum absolute atomic E-state index is 0.248. The number of ether oxygens (including phenoxy) is 1. The minimum Gasteiger partial charge on any atom is -0.469 e. The molecule has 0 bridgehead atoms. The van der Waals surface area contributed by atoms with Crippen molar-refractivity contribution in [1.82, 2.24) is 9.97 Å². The number of nitriles is 1. The Bertz CT molecular complexity index is 424. The molecule has 1 aromatic rings. The van der Waals surface area contributed by atoms with Crippen LogP contribution in [0.1, 0.15) is 12.6 Å². The van der Waals surface area contributed by atoms with Crippen molar-refractivity contribution in [2.75, 3.05) is 25.6 Å². The topological polar surface area (TPSA) is 79.1 Å². The van der Waals surface area contributed by atoms with Crippen molar-refractivity contribution in [3.63, 3.8) is 0 Å². The molecule has 0 aromatic carbocycles. The molecule has 1 unspecified atom stereocenters. The fourth-order valence-corrected chi connectivity index (χ4v) is 1.36. The Kier molecular flexibility index (Phi) is 4.40. The molecule has 0 amide bonds. The van der Waals surface area contributed by atoms with E-state index in [0.717, 1.165) is 0 Å². The van der Waals surface area contributed by atoms with Gasteiger partial charge < -0.3 is 9.64 Å². The quantitative estimate of drug-likeness (QED) is 0.709. The molecule has 0 aliphatic rings. The Labute approximate surface area is 99.9 Å². The Hall–Kier alpha value is -2.16. The maximum atomic E-state index is 11.3. The predicted molar refractivity (Wildman–Crippen MR) is 61.2 cm³/mol. The summed E-state index contributed by atoms with van der Waals surface area (Å²) in [7, 11) is 3.16. The molecule has 6 heteroatoms. The van der Waals surface area contributed by atoms with E-state index in [1.807, 2.05) is 6.07 Å². The second-order valence-corrected chi connectivity index (χ2v) is 3.68. The van der Waals surface area contributed by atoms with Crippen LogP contribution >= 0.6 is 0 Å². The Morgan fingerprint density at radius 1 is 1.59 bits per heavy atom. The first kappa shape index (κ1) is 12.9. The molecule has 0 aliphatic carbocycles. The molecule has 6 nitrogen and oxygen atoms in total. The van der Waals surface area contributed by atoms with E-state index in [4.69, 9.17) is 5.26 Å². The molecule has 0 N–H and O–H groups in total. The summed E-state index contributed by atoms with van der Waals surface area (Å²) >= 11 is 0. The number of esters is 1. The minimum atomic E-state index is -0.265. The highest BCUT2D eigenvalue weighted by atomic mass is 16.5. The smallest absolute Gasteiger partial charge is 0.310 e. The van der Waals surface area contributed by atoms with Gasteiger partial charge in [-0.1, -0.05) is 6.92 Å². The van der Waals surface area contributed by atoms with E-state index in [2.05, 4.69) is 14.7 Å². The first-order valence-electron chi connectivity index (χ1n) is 5.09. The van der Waals surface area contributed by atoms with E-state index in [9.17, 15) is 4.79 Å². The highest BCUT2D eigenvalue weighted by Crippen LogP contribution is 2.09. The highest BCUT2D eigenvalue weighted by molar-refractivity contribution is 5.72. The van der Waals surface area contributed by atoms with Gasteiger partial charge in [0, 0.05) is 13.6 Å². The van der Waals surface area contributed by atoms with Crippen LogP contribution in [0.4, 0.5) is 5.82 Å². The number of carbonyl (C=O) groups is 1. The first-order chi connectivity index (χ1) is 8.08. The maximum absolute atomic E-state index is 11.3. The number of aromatic nitrogens is 2. The van der Waals surface area contributed by atoms with Gasteiger partial charge in [0.15, 0.2) is 5.69 Å². The molecule has 0 spiro atoms. The van der Waals surface area contributed by atoms with Crippen LogP contribution < -0.4 is 4.90 Å². The summed E-state index contributed by atoms with van der Waals surface area (Å²) in [5.74, 6) is 0.0978. The third kappa shape index (κ3) is 3.41. The number of nitrogens with zero attached hydrogens (tertiary/aromatic N) is 4. The second kappa shape index (κ2) is 5.80. The molecule has 17 heavy (non-hydrogen) atoms. The van der Waals surface area contributed by atoms with Crippen molar-refractivity contribution in [2.45, 2.75) is 6.92 Å². The molecular weight excluding hydrogens is 220 g/mol. The third-order valence-corrected chi connectivity index (χ3v) is 2.30. The van der Waals surface area contributed by atoms with Crippen molar-refractivity contribution >= 4 is 11.8 Å². The molecule has 0 saturated heterocycles. The molecular formula is C11H14N4O2. The standard InChI is InChI=1S/C11H14N4O2/c1-8(11(16)17-3)7-15(2)10-6-13-9(4-12)5-14-10/h5-6,8H,7H2,1-3H3. The molecule has 1 atom stereocenters. The number of methoxy groups -OCH3 is 1. The zero-order valence-corrected chi connectivity index (χ0v) is 10.0. The molecule has 0 aliphatic heterocycles. The van der Waals surface area contributed by atoms with Gasteiger partial charge in [-0.25, -0.2) is 9.97 Å². The van der Waals surface area contributed by atoms with Gasteiger partial charge in [0.1, 0.15) is 11.9 Å². The van der Waals surface area contributed by atoms with E-state index in [1.165, 1.54) is 19.5 Å². The van der Waals surface area contributed by atoms with Crippen molar-refractivity contribution < 1.29 is 9.53 Å². The second-order valence-electron chi connectivity index (χ2n) is 3.68. The first-order valence-corrected chi connectivity index (χ1v) is 5.09.